The molecule has 1 aliphatic rings. The Bertz CT molecular complexity index is 1040. The third-order valence-electron chi connectivity index (χ3n) is 5.36. The second kappa shape index (κ2) is 10.8. The van der Waals surface area contributed by atoms with Gasteiger partial charge in [0.2, 0.25) is 5.91 Å². The Labute approximate surface area is 189 Å². The summed E-state index contributed by atoms with van der Waals surface area (Å²) in [5.74, 6) is 0.439. The van der Waals surface area contributed by atoms with Gasteiger partial charge in [0.1, 0.15) is 5.84 Å². The van der Waals surface area contributed by atoms with Gasteiger partial charge >= 0.3 is 0 Å². The van der Waals surface area contributed by atoms with E-state index in [4.69, 9.17) is 5.73 Å². The van der Waals surface area contributed by atoms with Crippen LogP contribution < -0.4 is 16.6 Å². The van der Waals surface area contributed by atoms with E-state index < -0.39 is 0 Å². The molecular formula is C25H31N5O2. The number of nitrogens with zero attached hydrogens (tertiary/aromatic N) is 2. The minimum absolute atomic E-state index is 0.0142. The monoisotopic (exact) mass is 433 g/mol. The first-order valence-corrected chi connectivity index (χ1v) is 10.9. The predicted molar refractivity (Wildman–Crippen MR) is 130 cm³/mol. The van der Waals surface area contributed by atoms with Crippen LogP contribution in [0.4, 0.5) is 5.69 Å². The van der Waals surface area contributed by atoms with E-state index in [0.29, 0.717) is 43.0 Å². The van der Waals surface area contributed by atoms with Crippen LogP contribution in [0.1, 0.15) is 42.6 Å². The minimum Gasteiger partial charge on any atom is -0.387 e. The van der Waals surface area contributed by atoms with Crippen LogP contribution in [-0.4, -0.2) is 49.1 Å². The molecule has 7 heteroatoms. The van der Waals surface area contributed by atoms with Gasteiger partial charge in [-0.2, -0.15) is 0 Å². The highest BCUT2D eigenvalue weighted by Crippen LogP contribution is 2.32. The molecule has 0 bridgehead atoms. The topological polar surface area (TPSA) is 99.8 Å². The second-order valence-electron chi connectivity index (χ2n) is 7.83. The zero-order chi connectivity index (χ0) is 23.1. The fraction of sp³-hybridized carbons (Fsp3) is 0.320. The molecule has 0 radical (unpaired) electrons. The maximum absolute atomic E-state index is 13.2. The third kappa shape index (κ3) is 5.69. The first-order chi connectivity index (χ1) is 15.4. The highest BCUT2D eigenvalue weighted by atomic mass is 16.2. The number of carbonyl (C=O) groups is 2. The Hall–Kier alpha value is -3.29. The Morgan fingerprint density at radius 1 is 1.09 bits per heavy atom. The summed E-state index contributed by atoms with van der Waals surface area (Å²) >= 11 is 0. The molecule has 0 aliphatic carbocycles. The van der Waals surface area contributed by atoms with Crippen molar-refractivity contribution in [3.8, 4) is 11.1 Å². The number of carbonyl (C=O) groups excluding carboxylic acids is 2. The lowest BCUT2D eigenvalue weighted by molar-refractivity contribution is -0.127. The number of benzene rings is 2. The summed E-state index contributed by atoms with van der Waals surface area (Å²) in [6.07, 6.45) is 3.10. The molecule has 0 unspecified atom stereocenters. The number of hydrogen-bond acceptors (Lipinski definition) is 6. The van der Waals surface area contributed by atoms with Crippen LogP contribution in [0.2, 0.25) is 0 Å². The fourth-order valence-electron chi connectivity index (χ4n) is 3.71. The van der Waals surface area contributed by atoms with E-state index in [9.17, 15) is 9.59 Å². The third-order valence-corrected chi connectivity index (χ3v) is 5.36. The van der Waals surface area contributed by atoms with Crippen LogP contribution in [0.25, 0.3) is 17.2 Å². The molecule has 3 rings (SSSR count). The Kier molecular flexibility index (Phi) is 7.92. The van der Waals surface area contributed by atoms with E-state index in [1.54, 1.807) is 14.0 Å². The maximum atomic E-state index is 13.2. The SMILES string of the molecule is CCCN(CCNNC)C(=O)C1=Cc2ccc(-c3ccc(C(C)=O)cc3)cc2N=C(N)C1. The number of amides is 1. The molecule has 0 atom stereocenters. The molecule has 4 N–H and O–H groups in total. The second-order valence-corrected chi connectivity index (χ2v) is 7.83. The number of rotatable bonds is 9. The number of amidine groups is 1. The maximum Gasteiger partial charge on any atom is 0.250 e. The molecule has 2 aromatic carbocycles. The normalized spacial score (nSPS) is 13.0. The van der Waals surface area contributed by atoms with Crippen molar-refractivity contribution in [2.45, 2.75) is 26.7 Å². The molecule has 7 nitrogen and oxygen atoms in total. The van der Waals surface area contributed by atoms with Crippen LogP contribution in [0, 0.1) is 0 Å². The first kappa shape index (κ1) is 23.4. The summed E-state index contributed by atoms with van der Waals surface area (Å²) in [6, 6.07) is 13.4. The van der Waals surface area contributed by atoms with Gasteiger partial charge in [0.15, 0.2) is 5.78 Å². The van der Waals surface area contributed by atoms with E-state index in [-0.39, 0.29) is 11.7 Å². The molecule has 2 aromatic rings. The molecule has 1 aliphatic heterocycles. The number of Topliss-reactive ketones (excluding diaryl/α,β-unsaturated/α-hetero) is 1. The zero-order valence-corrected chi connectivity index (χ0v) is 18.9. The highest BCUT2D eigenvalue weighted by molar-refractivity contribution is 6.05. The molecule has 0 fully saturated rings. The van der Waals surface area contributed by atoms with Gasteiger partial charge in [0.05, 0.1) is 5.69 Å². The van der Waals surface area contributed by atoms with Crippen molar-refractivity contribution in [1.29, 1.82) is 0 Å². The Balaban J connectivity index is 1.89. The average Bonchev–Trinajstić information content (AvgIpc) is 2.95. The molecule has 0 spiro atoms. The van der Waals surface area contributed by atoms with Gasteiger partial charge in [-0.05, 0) is 43.7 Å². The van der Waals surface area contributed by atoms with Crippen molar-refractivity contribution in [3.05, 3.63) is 59.2 Å². The molecule has 0 saturated heterocycles. The quantitative estimate of drug-likeness (QED) is 0.320. The number of ketones is 1. The van der Waals surface area contributed by atoms with Gasteiger partial charge < -0.3 is 10.6 Å². The number of fused-ring (bicyclic) bond motifs is 1. The summed E-state index contributed by atoms with van der Waals surface area (Å²) < 4.78 is 0. The fourth-order valence-corrected chi connectivity index (χ4v) is 3.71. The predicted octanol–water partition coefficient (Wildman–Crippen LogP) is 3.29. The van der Waals surface area contributed by atoms with Crippen molar-refractivity contribution in [2.24, 2.45) is 10.7 Å². The largest absolute Gasteiger partial charge is 0.387 e. The van der Waals surface area contributed by atoms with Crippen molar-refractivity contribution in [3.63, 3.8) is 0 Å². The van der Waals surface area contributed by atoms with Gasteiger partial charge in [-0.25, -0.2) is 4.99 Å². The summed E-state index contributed by atoms with van der Waals surface area (Å²) in [5.41, 5.74) is 17.0. The van der Waals surface area contributed by atoms with Gasteiger partial charge in [-0.15, -0.1) is 0 Å². The lowest BCUT2D eigenvalue weighted by Crippen LogP contribution is -2.41. The Morgan fingerprint density at radius 2 is 1.81 bits per heavy atom. The van der Waals surface area contributed by atoms with Crippen LogP contribution in [0.5, 0.6) is 0 Å². The molecule has 1 amide bonds. The summed E-state index contributed by atoms with van der Waals surface area (Å²) in [5, 5.41) is 0. The van der Waals surface area contributed by atoms with Crippen LogP contribution in [0.15, 0.2) is 53.0 Å². The molecule has 1 heterocycles. The number of hydrogen-bond donors (Lipinski definition) is 3. The van der Waals surface area contributed by atoms with Crippen molar-refractivity contribution in [2.75, 3.05) is 26.7 Å². The zero-order valence-electron chi connectivity index (χ0n) is 18.9. The molecular weight excluding hydrogens is 402 g/mol. The molecule has 168 valence electrons. The molecule has 0 aromatic heterocycles. The first-order valence-electron chi connectivity index (χ1n) is 10.9. The van der Waals surface area contributed by atoms with Gasteiger partial charge in [-0.3, -0.25) is 20.4 Å². The molecule has 32 heavy (non-hydrogen) atoms. The summed E-state index contributed by atoms with van der Waals surface area (Å²) in [6.45, 7) is 5.55. The van der Waals surface area contributed by atoms with Gasteiger partial charge in [-0.1, -0.05) is 43.3 Å². The van der Waals surface area contributed by atoms with Crippen molar-refractivity contribution >= 4 is 29.3 Å². The van der Waals surface area contributed by atoms with E-state index in [0.717, 1.165) is 28.8 Å². The lowest BCUT2D eigenvalue weighted by atomic mass is 9.99. The van der Waals surface area contributed by atoms with Crippen LogP contribution >= 0.6 is 0 Å². The summed E-state index contributed by atoms with van der Waals surface area (Å²) in [7, 11) is 1.81. The van der Waals surface area contributed by atoms with Crippen molar-refractivity contribution in [1.82, 2.24) is 15.8 Å². The summed E-state index contributed by atoms with van der Waals surface area (Å²) in [4.78, 5) is 31.2. The number of nitrogens with one attached hydrogen (secondary N) is 2. The number of nitrogens with two attached hydrogens (primary N) is 1. The van der Waals surface area contributed by atoms with E-state index in [1.807, 2.05) is 53.4 Å². The van der Waals surface area contributed by atoms with E-state index in [1.165, 1.54) is 0 Å². The standard InChI is InChI=1S/C25H31N5O2/c1-4-12-30(13-11-28-27-3)25(32)22-14-21-10-9-20(15-23(21)29-24(26)16-22)19-7-5-18(6-8-19)17(2)31/h5-10,14-15,27-28H,4,11-13,16H2,1-3H3,(H2,26,29). The lowest BCUT2D eigenvalue weighted by Gasteiger charge is -2.23. The van der Waals surface area contributed by atoms with E-state index >= 15 is 0 Å². The smallest absolute Gasteiger partial charge is 0.250 e. The highest BCUT2D eigenvalue weighted by Gasteiger charge is 2.21. The number of aliphatic imine (C=N–C) groups is 1. The van der Waals surface area contributed by atoms with Crippen LogP contribution in [-0.2, 0) is 4.79 Å². The average molecular weight is 434 g/mol. The minimum atomic E-state index is -0.0142. The Morgan fingerprint density at radius 3 is 2.47 bits per heavy atom. The molecule has 0 saturated carbocycles. The van der Waals surface area contributed by atoms with Gasteiger partial charge in [0, 0.05) is 42.8 Å². The van der Waals surface area contributed by atoms with Crippen LogP contribution in [0.3, 0.4) is 0 Å². The van der Waals surface area contributed by atoms with E-state index in [2.05, 4.69) is 22.8 Å². The number of hydrazine groups is 1. The van der Waals surface area contributed by atoms with Crippen molar-refractivity contribution < 1.29 is 9.59 Å². The van der Waals surface area contributed by atoms with Gasteiger partial charge in [0.25, 0.3) is 0 Å².